The van der Waals surface area contributed by atoms with Gasteiger partial charge in [0.1, 0.15) is 0 Å². The maximum Gasteiger partial charge on any atom is 0.264 e. The quantitative estimate of drug-likeness (QED) is 0.912. The van der Waals surface area contributed by atoms with E-state index < -0.39 is 0 Å². The van der Waals surface area contributed by atoms with Crippen LogP contribution in [-0.4, -0.2) is 37.0 Å². The van der Waals surface area contributed by atoms with E-state index in [1.165, 1.54) is 5.56 Å². The highest BCUT2D eigenvalue weighted by Crippen LogP contribution is 2.22. The molecule has 18 heavy (non-hydrogen) atoms. The summed E-state index contributed by atoms with van der Waals surface area (Å²) in [5, 5.41) is 5.42. The van der Waals surface area contributed by atoms with Gasteiger partial charge in [0.05, 0.1) is 4.88 Å². The zero-order valence-corrected chi connectivity index (χ0v) is 12.1. The summed E-state index contributed by atoms with van der Waals surface area (Å²) in [6.45, 7) is 4.21. The summed E-state index contributed by atoms with van der Waals surface area (Å²) in [5.41, 5.74) is 1.18. The number of carbonyl (C=O) groups excluding carboxylic acids is 1. The molecule has 1 saturated heterocycles. The molecular weight excluding hydrogens is 244 g/mol. The lowest BCUT2D eigenvalue weighted by Gasteiger charge is -2.27. The van der Waals surface area contributed by atoms with Gasteiger partial charge in [-0.3, -0.25) is 4.79 Å². The lowest BCUT2D eigenvalue weighted by molar-refractivity contribution is 0.0724. The van der Waals surface area contributed by atoms with Crippen molar-refractivity contribution >= 4 is 17.2 Å². The SMILES string of the molecule is CCc1ccsc1C(=O)N(C)C1CCCNCC1. The number of amides is 1. The van der Waals surface area contributed by atoms with Gasteiger partial charge in [-0.2, -0.15) is 0 Å². The predicted octanol–water partition coefficient (Wildman–Crippen LogP) is 2.52. The van der Waals surface area contributed by atoms with Gasteiger partial charge < -0.3 is 10.2 Å². The summed E-state index contributed by atoms with van der Waals surface area (Å²) in [6.07, 6.45) is 4.27. The maximum absolute atomic E-state index is 12.5. The van der Waals surface area contributed by atoms with Crippen molar-refractivity contribution in [3.8, 4) is 0 Å². The van der Waals surface area contributed by atoms with Crippen LogP contribution in [0.4, 0.5) is 0 Å². The van der Waals surface area contributed by atoms with E-state index in [0.29, 0.717) is 6.04 Å². The van der Waals surface area contributed by atoms with E-state index in [9.17, 15) is 4.79 Å². The molecule has 100 valence electrons. The molecule has 1 N–H and O–H groups in total. The van der Waals surface area contributed by atoms with Gasteiger partial charge in [0.2, 0.25) is 0 Å². The second-order valence-corrected chi connectivity index (χ2v) is 5.80. The minimum absolute atomic E-state index is 0.203. The van der Waals surface area contributed by atoms with Crippen LogP contribution in [0.5, 0.6) is 0 Å². The van der Waals surface area contributed by atoms with Gasteiger partial charge in [0, 0.05) is 13.1 Å². The fraction of sp³-hybridized carbons (Fsp3) is 0.643. The Morgan fingerprint density at radius 2 is 2.33 bits per heavy atom. The van der Waals surface area contributed by atoms with E-state index in [-0.39, 0.29) is 5.91 Å². The highest BCUT2D eigenvalue weighted by Gasteiger charge is 2.24. The minimum atomic E-state index is 0.203. The average Bonchev–Trinajstić information content (AvgIpc) is 2.70. The largest absolute Gasteiger partial charge is 0.338 e. The van der Waals surface area contributed by atoms with Gasteiger partial charge in [0.15, 0.2) is 0 Å². The summed E-state index contributed by atoms with van der Waals surface area (Å²) in [6, 6.07) is 2.46. The highest BCUT2D eigenvalue weighted by molar-refractivity contribution is 7.12. The molecule has 1 aromatic heterocycles. The van der Waals surface area contributed by atoms with E-state index in [1.807, 2.05) is 17.3 Å². The Bertz CT molecular complexity index is 394. The molecule has 2 rings (SSSR count). The van der Waals surface area contributed by atoms with Crippen LogP contribution in [0.15, 0.2) is 11.4 Å². The number of aryl methyl sites for hydroxylation is 1. The fourth-order valence-electron chi connectivity index (χ4n) is 2.52. The molecule has 0 spiro atoms. The molecule has 3 nitrogen and oxygen atoms in total. The Hall–Kier alpha value is -0.870. The monoisotopic (exact) mass is 266 g/mol. The molecule has 0 aromatic carbocycles. The summed E-state index contributed by atoms with van der Waals surface area (Å²) in [5.74, 6) is 0.203. The molecule has 1 fully saturated rings. The van der Waals surface area contributed by atoms with Crippen LogP contribution in [0.3, 0.4) is 0 Å². The van der Waals surface area contributed by atoms with Crippen LogP contribution in [-0.2, 0) is 6.42 Å². The maximum atomic E-state index is 12.5. The van der Waals surface area contributed by atoms with Crippen molar-refractivity contribution in [1.82, 2.24) is 10.2 Å². The molecule has 0 bridgehead atoms. The lowest BCUT2D eigenvalue weighted by Crippen LogP contribution is -2.37. The smallest absolute Gasteiger partial charge is 0.264 e. The first-order valence-corrected chi connectivity index (χ1v) is 7.66. The van der Waals surface area contributed by atoms with Gasteiger partial charge in [-0.25, -0.2) is 0 Å². The third-order valence-electron chi connectivity index (χ3n) is 3.74. The number of hydrogen-bond acceptors (Lipinski definition) is 3. The van der Waals surface area contributed by atoms with E-state index in [1.54, 1.807) is 11.3 Å². The van der Waals surface area contributed by atoms with Crippen molar-refractivity contribution < 1.29 is 4.79 Å². The lowest BCUT2D eigenvalue weighted by atomic mass is 10.1. The number of nitrogens with one attached hydrogen (secondary N) is 1. The molecule has 1 unspecified atom stereocenters. The summed E-state index contributed by atoms with van der Waals surface area (Å²) in [4.78, 5) is 15.4. The van der Waals surface area contributed by atoms with Crippen LogP contribution in [0.25, 0.3) is 0 Å². The van der Waals surface area contributed by atoms with E-state index in [0.717, 1.165) is 43.6 Å². The zero-order valence-electron chi connectivity index (χ0n) is 11.2. The minimum Gasteiger partial charge on any atom is -0.338 e. The molecule has 0 radical (unpaired) electrons. The van der Waals surface area contributed by atoms with E-state index in [4.69, 9.17) is 0 Å². The Labute approximate surface area is 113 Å². The Morgan fingerprint density at radius 3 is 3.11 bits per heavy atom. The molecule has 1 amide bonds. The third-order valence-corrected chi connectivity index (χ3v) is 4.68. The summed E-state index contributed by atoms with van der Waals surface area (Å²) >= 11 is 1.57. The van der Waals surface area contributed by atoms with E-state index in [2.05, 4.69) is 18.3 Å². The molecule has 1 aliphatic heterocycles. The Kier molecular flexibility index (Phi) is 4.78. The molecular formula is C14H22N2OS. The number of thiophene rings is 1. The van der Waals surface area contributed by atoms with Crippen LogP contribution in [0, 0.1) is 0 Å². The van der Waals surface area contributed by atoms with Crippen molar-refractivity contribution in [1.29, 1.82) is 0 Å². The molecule has 1 aliphatic rings. The number of carbonyl (C=O) groups is 1. The first-order chi connectivity index (χ1) is 8.74. The molecule has 0 saturated carbocycles. The predicted molar refractivity (Wildman–Crippen MR) is 76.3 cm³/mol. The molecule has 1 aromatic rings. The fourth-order valence-corrected chi connectivity index (χ4v) is 3.49. The number of rotatable bonds is 3. The second-order valence-electron chi connectivity index (χ2n) is 4.88. The van der Waals surface area contributed by atoms with Crippen LogP contribution in [0.1, 0.15) is 41.4 Å². The van der Waals surface area contributed by atoms with Gasteiger partial charge in [0.25, 0.3) is 5.91 Å². The van der Waals surface area contributed by atoms with Crippen molar-refractivity contribution in [3.05, 3.63) is 21.9 Å². The highest BCUT2D eigenvalue weighted by atomic mass is 32.1. The van der Waals surface area contributed by atoms with Crippen molar-refractivity contribution in [3.63, 3.8) is 0 Å². The van der Waals surface area contributed by atoms with Crippen LogP contribution in [0.2, 0.25) is 0 Å². The number of hydrogen-bond donors (Lipinski definition) is 1. The molecule has 2 heterocycles. The zero-order chi connectivity index (χ0) is 13.0. The van der Waals surface area contributed by atoms with Gasteiger partial charge in [-0.15, -0.1) is 11.3 Å². The average molecular weight is 266 g/mol. The standard InChI is InChI=1S/C14H22N2OS/c1-3-11-7-10-18-13(11)14(17)16(2)12-5-4-8-15-9-6-12/h7,10,12,15H,3-6,8-9H2,1-2H3. The first-order valence-electron chi connectivity index (χ1n) is 6.78. The van der Waals surface area contributed by atoms with Crippen molar-refractivity contribution in [2.24, 2.45) is 0 Å². The Morgan fingerprint density at radius 1 is 1.50 bits per heavy atom. The van der Waals surface area contributed by atoms with Crippen molar-refractivity contribution in [2.45, 2.75) is 38.6 Å². The Balaban J connectivity index is 2.07. The topological polar surface area (TPSA) is 32.3 Å². The molecule has 4 heteroatoms. The first kappa shape index (κ1) is 13.6. The summed E-state index contributed by atoms with van der Waals surface area (Å²) in [7, 11) is 1.96. The number of nitrogens with zero attached hydrogens (tertiary/aromatic N) is 1. The van der Waals surface area contributed by atoms with Crippen molar-refractivity contribution in [2.75, 3.05) is 20.1 Å². The van der Waals surface area contributed by atoms with Gasteiger partial charge >= 0.3 is 0 Å². The second kappa shape index (κ2) is 6.34. The normalized spacial score (nSPS) is 20.4. The summed E-state index contributed by atoms with van der Waals surface area (Å²) < 4.78 is 0. The van der Waals surface area contributed by atoms with Crippen LogP contribution >= 0.6 is 11.3 Å². The van der Waals surface area contributed by atoms with Gasteiger partial charge in [-0.05, 0) is 55.8 Å². The van der Waals surface area contributed by atoms with Crippen LogP contribution < -0.4 is 5.32 Å². The molecule has 0 aliphatic carbocycles. The molecule has 1 atom stereocenters. The van der Waals surface area contributed by atoms with Gasteiger partial charge in [-0.1, -0.05) is 6.92 Å². The third kappa shape index (κ3) is 2.93. The van der Waals surface area contributed by atoms with E-state index >= 15 is 0 Å².